The first-order valence-electron chi connectivity index (χ1n) is 10.7. The highest BCUT2D eigenvalue weighted by molar-refractivity contribution is 5.77. The van der Waals surface area contributed by atoms with E-state index in [-0.39, 0.29) is 18.2 Å². The van der Waals surface area contributed by atoms with Crippen LogP contribution >= 0.6 is 0 Å². The van der Waals surface area contributed by atoms with Gasteiger partial charge in [0.1, 0.15) is 5.60 Å². The molecule has 5 rings (SSSR count). The smallest absolute Gasteiger partial charge is 0.410 e. The minimum atomic E-state index is -0.881. The van der Waals surface area contributed by atoms with Crippen molar-refractivity contribution in [3.05, 3.63) is 59.2 Å². The molecule has 2 aliphatic heterocycles. The molecular weight excluding hydrogens is 362 g/mol. The summed E-state index contributed by atoms with van der Waals surface area (Å²) >= 11 is 0. The Morgan fingerprint density at radius 1 is 1.03 bits per heavy atom. The van der Waals surface area contributed by atoms with E-state index in [0.717, 1.165) is 24.8 Å². The van der Waals surface area contributed by atoms with Crippen LogP contribution in [0.25, 0.3) is 11.1 Å². The van der Waals surface area contributed by atoms with E-state index >= 15 is 0 Å². The summed E-state index contributed by atoms with van der Waals surface area (Å²) in [6, 6.07) is 15.1. The van der Waals surface area contributed by atoms with Gasteiger partial charge in [-0.15, -0.1) is 0 Å². The first-order chi connectivity index (χ1) is 13.7. The Balaban J connectivity index is 1.40. The highest BCUT2D eigenvalue weighted by Gasteiger charge is 2.51. The molecule has 2 unspecified atom stereocenters. The Morgan fingerprint density at radius 2 is 1.69 bits per heavy atom. The molecule has 0 spiro atoms. The van der Waals surface area contributed by atoms with Crippen molar-refractivity contribution in [2.75, 3.05) is 0 Å². The molecule has 4 nitrogen and oxygen atoms in total. The maximum absolute atomic E-state index is 12.7. The first kappa shape index (κ1) is 18.7. The lowest BCUT2D eigenvalue weighted by Gasteiger charge is -2.44. The molecule has 3 aliphatic rings. The van der Waals surface area contributed by atoms with E-state index in [1.54, 1.807) is 0 Å². The molecule has 2 saturated heterocycles. The van der Waals surface area contributed by atoms with Crippen molar-refractivity contribution >= 4 is 6.09 Å². The molecule has 2 bridgehead atoms. The van der Waals surface area contributed by atoms with Crippen LogP contribution in [0.3, 0.4) is 0 Å². The molecule has 1 amide bonds. The minimum Gasteiger partial charge on any atom is -0.444 e. The van der Waals surface area contributed by atoms with E-state index in [1.165, 1.54) is 22.3 Å². The Morgan fingerprint density at radius 3 is 2.38 bits per heavy atom. The van der Waals surface area contributed by atoms with Crippen LogP contribution in [0.2, 0.25) is 0 Å². The molecular formula is C25H29NO3. The van der Waals surface area contributed by atoms with E-state index < -0.39 is 11.2 Å². The maximum atomic E-state index is 12.7. The highest BCUT2D eigenvalue weighted by Crippen LogP contribution is 2.47. The van der Waals surface area contributed by atoms with Gasteiger partial charge < -0.3 is 14.7 Å². The number of rotatable bonds is 1. The Bertz CT molecular complexity index is 960. The number of benzene rings is 2. The number of hydrogen-bond donors (Lipinski definition) is 1. The number of nitrogens with zero attached hydrogens (tertiary/aromatic N) is 1. The first-order valence-corrected chi connectivity index (χ1v) is 10.7. The zero-order chi connectivity index (χ0) is 20.4. The number of amides is 1. The zero-order valence-electron chi connectivity index (χ0n) is 17.4. The lowest BCUT2D eigenvalue weighted by molar-refractivity contribution is -0.0624. The van der Waals surface area contributed by atoms with Crippen molar-refractivity contribution in [2.45, 2.75) is 76.2 Å². The van der Waals surface area contributed by atoms with Crippen molar-refractivity contribution in [1.82, 2.24) is 4.90 Å². The molecule has 4 heteroatoms. The summed E-state index contributed by atoms with van der Waals surface area (Å²) in [6.45, 7) is 5.70. The SMILES string of the molecule is CC(C)(C)OC(=O)N1C2CCC1CC(O)(c1ccc3c(c1)Cc1ccccc1-3)C2. The average Bonchev–Trinajstić information content (AvgIpc) is 3.15. The topological polar surface area (TPSA) is 49.8 Å². The van der Waals surface area contributed by atoms with Gasteiger partial charge in [0.05, 0.1) is 5.60 Å². The van der Waals surface area contributed by atoms with Gasteiger partial charge in [0.25, 0.3) is 0 Å². The van der Waals surface area contributed by atoms with Crippen molar-refractivity contribution < 1.29 is 14.6 Å². The van der Waals surface area contributed by atoms with Crippen LogP contribution in [0.4, 0.5) is 4.79 Å². The number of carbonyl (C=O) groups is 1. The summed E-state index contributed by atoms with van der Waals surface area (Å²) in [5.41, 5.74) is 4.84. The lowest BCUT2D eigenvalue weighted by Crippen LogP contribution is -2.53. The molecule has 1 aliphatic carbocycles. The van der Waals surface area contributed by atoms with Crippen LogP contribution in [0.15, 0.2) is 42.5 Å². The molecule has 2 atom stereocenters. The van der Waals surface area contributed by atoms with Crippen LogP contribution in [0, 0.1) is 0 Å². The molecule has 0 saturated carbocycles. The third kappa shape index (κ3) is 3.14. The van der Waals surface area contributed by atoms with Crippen molar-refractivity contribution in [1.29, 1.82) is 0 Å². The van der Waals surface area contributed by atoms with E-state index in [9.17, 15) is 9.90 Å². The van der Waals surface area contributed by atoms with Gasteiger partial charge in [-0.3, -0.25) is 0 Å². The highest BCUT2D eigenvalue weighted by atomic mass is 16.6. The minimum absolute atomic E-state index is 0.0408. The lowest BCUT2D eigenvalue weighted by atomic mass is 9.79. The van der Waals surface area contributed by atoms with Crippen LogP contribution in [0.1, 0.15) is 63.1 Å². The van der Waals surface area contributed by atoms with E-state index in [2.05, 4.69) is 42.5 Å². The zero-order valence-corrected chi connectivity index (χ0v) is 17.4. The van der Waals surface area contributed by atoms with Crippen LogP contribution in [0.5, 0.6) is 0 Å². The summed E-state index contributed by atoms with van der Waals surface area (Å²) in [5, 5.41) is 11.6. The molecule has 2 heterocycles. The molecule has 152 valence electrons. The predicted molar refractivity (Wildman–Crippen MR) is 113 cm³/mol. The molecule has 1 N–H and O–H groups in total. The second-order valence-corrected chi connectivity index (χ2v) is 9.92. The fourth-order valence-corrected chi connectivity index (χ4v) is 5.51. The van der Waals surface area contributed by atoms with Gasteiger partial charge in [-0.2, -0.15) is 0 Å². The third-order valence-corrected chi connectivity index (χ3v) is 6.70. The fraction of sp³-hybridized carbons (Fsp3) is 0.480. The molecule has 2 aromatic rings. The van der Waals surface area contributed by atoms with Crippen LogP contribution in [-0.4, -0.2) is 33.8 Å². The standard InChI is InChI=1S/C25H29NO3/c1-24(2,3)29-23(27)26-19-9-10-20(26)15-25(28,14-19)18-8-11-22-17(13-18)12-16-6-4-5-7-21(16)22/h4-8,11,13,19-20,28H,9-10,12,14-15H2,1-3H3. The van der Waals surface area contributed by atoms with E-state index in [1.807, 2.05) is 25.7 Å². The molecule has 2 fully saturated rings. The average molecular weight is 392 g/mol. The van der Waals surface area contributed by atoms with Gasteiger partial charge in [-0.25, -0.2) is 4.79 Å². The third-order valence-electron chi connectivity index (χ3n) is 6.70. The van der Waals surface area contributed by atoms with E-state index in [0.29, 0.717) is 12.8 Å². The summed E-state index contributed by atoms with van der Waals surface area (Å²) in [5.74, 6) is 0. The van der Waals surface area contributed by atoms with Gasteiger partial charge in [-0.05, 0) is 67.9 Å². The number of ether oxygens (including phenoxy) is 1. The quantitative estimate of drug-likeness (QED) is 0.635. The molecule has 29 heavy (non-hydrogen) atoms. The van der Waals surface area contributed by atoms with Crippen molar-refractivity contribution in [3.8, 4) is 11.1 Å². The Labute approximate surface area is 172 Å². The summed E-state index contributed by atoms with van der Waals surface area (Å²) < 4.78 is 5.63. The number of aliphatic hydroxyl groups is 1. The molecule has 2 aromatic carbocycles. The largest absolute Gasteiger partial charge is 0.444 e. The van der Waals surface area contributed by atoms with Crippen LogP contribution < -0.4 is 0 Å². The molecule has 0 radical (unpaired) electrons. The Kier molecular flexibility index (Phi) is 4.08. The summed E-state index contributed by atoms with van der Waals surface area (Å²) in [6.07, 6.45) is 3.71. The fourth-order valence-electron chi connectivity index (χ4n) is 5.51. The maximum Gasteiger partial charge on any atom is 0.410 e. The number of fused-ring (bicyclic) bond motifs is 5. The van der Waals surface area contributed by atoms with E-state index in [4.69, 9.17) is 4.74 Å². The van der Waals surface area contributed by atoms with Crippen molar-refractivity contribution in [3.63, 3.8) is 0 Å². The molecule has 0 aromatic heterocycles. The number of carbonyl (C=O) groups excluding carboxylic acids is 1. The number of hydrogen-bond acceptors (Lipinski definition) is 3. The van der Waals surface area contributed by atoms with Gasteiger partial charge in [-0.1, -0.05) is 42.5 Å². The van der Waals surface area contributed by atoms with Gasteiger partial charge >= 0.3 is 6.09 Å². The van der Waals surface area contributed by atoms with Gasteiger partial charge in [0, 0.05) is 24.9 Å². The summed E-state index contributed by atoms with van der Waals surface area (Å²) in [7, 11) is 0. The van der Waals surface area contributed by atoms with Crippen molar-refractivity contribution in [2.24, 2.45) is 0 Å². The van der Waals surface area contributed by atoms with Crippen LogP contribution in [-0.2, 0) is 16.8 Å². The van der Waals surface area contributed by atoms with Gasteiger partial charge in [0.2, 0.25) is 0 Å². The second-order valence-electron chi connectivity index (χ2n) is 9.92. The van der Waals surface area contributed by atoms with Gasteiger partial charge in [0.15, 0.2) is 0 Å². The second kappa shape index (κ2) is 6.33. The normalized spacial score (nSPS) is 27.5. The Hall–Kier alpha value is -2.33. The number of piperidine rings is 1. The summed E-state index contributed by atoms with van der Waals surface area (Å²) in [4.78, 5) is 14.6. The predicted octanol–water partition coefficient (Wildman–Crippen LogP) is 5.01. The monoisotopic (exact) mass is 391 g/mol.